The monoisotopic (exact) mass is 504 g/mol. The molecule has 1 fully saturated rings. The summed E-state index contributed by atoms with van der Waals surface area (Å²) in [5.74, 6) is 2.10. The second-order valence-corrected chi connectivity index (χ2v) is 10.4. The summed E-state index contributed by atoms with van der Waals surface area (Å²) in [5, 5.41) is 3.37. The van der Waals surface area contributed by atoms with Crippen LogP contribution in [0.15, 0.2) is 48.5 Å². The van der Waals surface area contributed by atoms with Gasteiger partial charge in [0.2, 0.25) is 0 Å². The van der Waals surface area contributed by atoms with Crippen molar-refractivity contribution in [3.05, 3.63) is 65.5 Å². The minimum atomic E-state index is -0.751. The number of methoxy groups -OCH3 is 1. The second-order valence-electron chi connectivity index (χ2n) is 10.4. The molecule has 3 aromatic rings. The van der Waals surface area contributed by atoms with Gasteiger partial charge in [0, 0.05) is 30.3 Å². The zero-order valence-corrected chi connectivity index (χ0v) is 22.0. The maximum atomic E-state index is 14.0. The number of fused-ring (bicyclic) bond motifs is 1. The molecule has 6 nitrogen and oxygen atoms in total. The van der Waals surface area contributed by atoms with Gasteiger partial charge in [-0.1, -0.05) is 12.1 Å². The molecule has 3 aromatic carbocycles. The third-order valence-corrected chi connectivity index (χ3v) is 7.07. The molecule has 1 N–H and O–H groups in total. The normalized spacial score (nSPS) is 16.2. The molecule has 0 aromatic heterocycles. The van der Waals surface area contributed by atoms with E-state index in [-0.39, 0.29) is 18.3 Å². The smallest absolute Gasteiger partial charge is 0.251 e. The van der Waals surface area contributed by atoms with Gasteiger partial charge in [-0.2, -0.15) is 0 Å². The molecule has 0 spiro atoms. The van der Waals surface area contributed by atoms with Gasteiger partial charge in [-0.05, 0) is 74.9 Å². The lowest BCUT2D eigenvalue weighted by Gasteiger charge is -2.39. The lowest BCUT2D eigenvalue weighted by atomic mass is 9.91. The van der Waals surface area contributed by atoms with Crippen LogP contribution < -0.4 is 24.4 Å². The number of amides is 1. The van der Waals surface area contributed by atoms with Crippen LogP contribution in [0, 0.1) is 18.7 Å². The van der Waals surface area contributed by atoms with Gasteiger partial charge in [-0.25, -0.2) is 4.39 Å². The van der Waals surface area contributed by atoms with Gasteiger partial charge >= 0.3 is 0 Å². The molecule has 194 valence electrons. The van der Waals surface area contributed by atoms with E-state index in [0.29, 0.717) is 24.0 Å². The molecule has 1 aliphatic carbocycles. The van der Waals surface area contributed by atoms with Gasteiger partial charge in [0.1, 0.15) is 35.2 Å². The van der Waals surface area contributed by atoms with Crippen molar-refractivity contribution < 1.29 is 23.4 Å². The first-order valence-corrected chi connectivity index (χ1v) is 12.6. The van der Waals surface area contributed by atoms with Crippen LogP contribution in [0.2, 0.25) is 0 Å². The largest absolute Gasteiger partial charge is 0.496 e. The molecular weight excluding hydrogens is 471 g/mol. The average Bonchev–Trinajstić information content (AvgIpc) is 3.71. The maximum Gasteiger partial charge on any atom is 0.251 e. The van der Waals surface area contributed by atoms with E-state index in [1.807, 2.05) is 51.1 Å². The molecule has 1 amide bonds. The van der Waals surface area contributed by atoms with Gasteiger partial charge in [-0.3, -0.25) is 4.79 Å². The fourth-order valence-corrected chi connectivity index (χ4v) is 4.79. The summed E-state index contributed by atoms with van der Waals surface area (Å²) >= 11 is 0. The Hall–Kier alpha value is -3.74. The van der Waals surface area contributed by atoms with E-state index in [2.05, 4.69) is 5.32 Å². The summed E-state index contributed by atoms with van der Waals surface area (Å²) < 4.78 is 31.9. The predicted octanol–water partition coefficient (Wildman–Crippen LogP) is 6.34. The van der Waals surface area contributed by atoms with Gasteiger partial charge in [0.25, 0.3) is 5.91 Å². The molecule has 0 bridgehead atoms. The van der Waals surface area contributed by atoms with Crippen LogP contribution in [0.25, 0.3) is 11.1 Å². The highest BCUT2D eigenvalue weighted by Gasteiger charge is 2.38. The number of nitrogens with zero attached hydrogens (tertiary/aromatic N) is 1. The number of likely N-dealkylation sites (N-methyl/N-ethyl adjacent to an activating group) is 1. The molecule has 2 aliphatic rings. The van der Waals surface area contributed by atoms with Crippen molar-refractivity contribution in [1.82, 2.24) is 0 Å². The van der Waals surface area contributed by atoms with Crippen molar-refractivity contribution in [3.8, 4) is 28.4 Å². The van der Waals surface area contributed by atoms with Crippen molar-refractivity contribution >= 4 is 17.3 Å². The highest BCUT2D eigenvalue weighted by Crippen LogP contribution is 2.45. The molecule has 0 radical (unpaired) electrons. The number of benzene rings is 3. The number of halogens is 1. The first kappa shape index (κ1) is 24.9. The maximum absolute atomic E-state index is 14.0. The molecule has 1 heterocycles. The molecule has 5 rings (SSSR count). The van der Waals surface area contributed by atoms with Gasteiger partial charge < -0.3 is 24.4 Å². The van der Waals surface area contributed by atoms with Crippen molar-refractivity contribution in [2.75, 3.05) is 31.0 Å². The van der Waals surface area contributed by atoms with Crippen molar-refractivity contribution in [2.45, 2.75) is 45.8 Å². The molecular formula is C30H33FN2O4. The molecule has 1 aliphatic heterocycles. The number of carbonyl (C=O) groups is 1. The van der Waals surface area contributed by atoms with Gasteiger partial charge in [-0.15, -0.1) is 0 Å². The lowest BCUT2D eigenvalue weighted by Crippen LogP contribution is -2.52. The zero-order valence-electron chi connectivity index (χ0n) is 22.0. The standard InChI is InChI=1S/C30H33FN2O4/c1-18-6-9-20(31)14-26(18)37-17-24-22(12-13-25-28(24)33(4)29(34)30(2,3)32-25)23-11-10-21(15-27(23)35-5)36-16-19-7-8-19/h6,9-15,19,32H,7-8,16-17H2,1-5H3. The Kier molecular flexibility index (Phi) is 6.48. The van der Waals surface area contributed by atoms with Crippen LogP contribution >= 0.6 is 0 Å². The number of nitrogens with one attached hydrogen (secondary N) is 1. The fraction of sp³-hybridized carbons (Fsp3) is 0.367. The summed E-state index contributed by atoms with van der Waals surface area (Å²) in [5.41, 5.74) is 4.14. The molecule has 0 unspecified atom stereocenters. The summed E-state index contributed by atoms with van der Waals surface area (Å²) in [6, 6.07) is 14.3. The van der Waals surface area contributed by atoms with Crippen LogP contribution in [0.3, 0.4) is 0 Å². The van der Waals surface area contributed by atoms with Crippen LogP contribution in [-0.4, -0.2) is 32.2 Å². The number of hydrogen-bond acceptors (Lipinski definition) is 5. The number of hydrogen-bond donors (Lipinski definition) is 1. The van der Waals surface area contributed by atoms with E-state index in [4.69, 9.17) is 14.2 Å². The van der Waals surface area contributed by atoms with Crippen LogP contribution in [-0.2, 0) is 11.4 Å². The van der Waals surface area contributed by atoms with E-state index < -0.39 is 5.54 Å². The molecule has 37 heavy (non-hydrogen) atoms. The third kappa shape index (κ3) is 4.95. The van der Waals surface area contributed by atoms with E-state index in [1.54, 1.807) is 25.1 Å². The van der Waals surface area contributed by atoms with Crippen LogP contribution in [0.5, 0.6) is 17.2 Å². The SMILES string of the molecule is COc1cc(OCC2CC2)ccc1-c1ccc2c(c1COc1cc(F)ccc1C)N(C)C(=O)C(C)(C)N2. The second kappa shape index (κ2) is 9.61. The fourth-order valence-electron chi connectivity index (χ4n) is 4.79. The van der Waals surface area contributed by atoms with E-state index in [1.165, 1.54) is 25.0 Å². The Bertz CT molecular complexity index is 1350. The Morgan fingerprint density at radius 3 is 2.51 bits per heavy atom. The van der Waals surface area contributed by atoms with Gasteiger partial charge in [0.15, 0.2) is 0 Å². The Morgan fingerprint density at radius 2 is 1.78 bits per heavy atom. The molecule has 0 saturated heterocycles. The van der Waals surface area contributed by atoms with Crippen molar-refractivity contribution in [2.24, 2.45) is 5.92 Å². The Labute approximate surface area is 217 Å². The number of rotatable bonds is 8. The Morgan fingerprint density at radius 1 is 1.03 bits per heavy atom. The number of carbonyl (C=O) groups excluding carboxylic acids is 1. The lowest BCUT2D eigenvalue weighted by molar-refractivity contribution is -0.121. The minimum Gasteiger partial charge on any atom is -0.496 e. The quantitative estimate of drug-likeness (QED) is 0.388. The topological polar surface area (TPSA) is 60.0 Å². The molecule has 0 atom stereocenters. The van der Waals surface area contributed by atoms with Crippen molar-refractivity contribution in [1.29, 1.82) is 0 Å². The first-order chi connectivity index (χ1) is 17.7. The predicted molar refractivity (Wildman–Crippen MR) is 143 cm³/mol. The van der Waals surface area contributed by atoms with Gasteiger partial charge in [0.05, 0.1) is 25.1 Å². The summed E-state index contributed by atoms with van der Waals surface area (Å²) in [4.78, 5) is 14.9. The third-order valence-electron chi connectivity index (χ3n) is 7.07. The first-order valence-electron chi connectivity index (χ1n) is 12.6. The summed E-state index contributed by atoms with van der Waals surface area (Å²) in [7, 11) is 3.41. The zero-order chi connectivity index (χ0) is 26.3. The minimum absolute atomic E-state index is 0.0591. The molecule has 1 saturated carbocycles. The van der Waals surface area contributed by atoms with Crippen LogP contribution in [0.4, 0.5) is 15.8 Å². The summed E-state index contributed by atoms with van der Waals surface area (Å²) in [6.45, 7) is 6.43. The Balaban J connectivity index is 1.59. The highest BCUT2D eigenvalue weighted by atomic mass is 19.1. The number of anilines is 2. The van der Waals surface area contributed by atoms with E-state index >= 15 is 0 Å². The van der Waals surface area contributed by atoms with E-state index in [9.17, 15) is 9.18 Å². The highest BCUT2D eigenvalue weighted by molar-refractivity contribution is 6.08. The van der Waals surface area contributed by atoms with E-state index in [0.717, 1.165) is 39.4 Å². The van der Waals surface area contributed by atoms with Crippen LogP contribution in [0.1, 0.15) is 37.8 Å². The number of ether oxygens (including phenoxy) is 3. The summed E-state index contributed by atoms with van der Waals surface area (Å²) in [6.07, 6.45) is 2.44. The average molecular weight is 505 g/mol. The number of aryl methyl sites for hydroxylation is 1. The molecule has 7 heteroatoms. The van der Waals surface area contributed by atoms with Crippen molar-refractivity contribution in [3.63, 3.8) is 0 Å².